The van der Waals surface area contributed by atoms with Gasteiger partial charge < -0.3 is 10.4 Å². The van der Waals surface area contributed by atoms with Crippen LogP contribution in [0.25, 0.3) is 0 Å². The summed E-state index contributed by atoms with van der Waals surface area (Å²) in [6.45, 7) is 1.67. The monoisotopic (exact) mass is 358 g/mol. The minimum absolute atomic E-state index is 0.208. The van der Waals surface area contributed by atoms with E-state index in [1.54, 1.807) is 5.38 Å². The minimum atomic E-state index is -4.56. The maximum Gasteiger partial charge on any atom is 0.416 e. The first-order chi connectivity index (χ1) is 11.3. The summed E-state index contributed by atoms with van der Waals surface area (Å²) >= 11 is 1.36. The normalized spacial score (nSPS) is 12.9. The molecule has 4 nitrogen and oxygen atoms in total. The van der Waals surface area contributed by atoms with Crippen molar-refractivity contribution in [2.45, 2.75) is 32.0 Å². The number of nitrogens with one attached hydrogen (secondary N) is 1. The van der Waals surface area contributed by atoms with Crippen LogP contribution in [0.5, 0.6) is 0 Å². The average molecular weight is 358 g/mol. The molecule has 2 aromatic rings. The molecule has 0 aliphatic carbocycles. The van der Waals surface area contributed by atoms with Crippen molar-refractivity contribution in [2.24, 2.45) is 0 Å². The van der Waals surface area contributed by atoms with Crippen LogP contribution in [0.2, 0.25) is 0 Å². The number of aromatic nitrogens is 1. The predicted molar refractivity (Wildman–Crippen MR) is 84.8 cm³/mol. The number of aliphatic hydroxyl groups is 1. The quantitative estimate of drug-likeness (QED) is 0.830. The Labute approximate surface area is 141 Å². The van der Waals surface area contributed by atoms with E-state index >= 15 is 0 Å². The number of amides is 1. The smallest absolute Gasteiger partial charge is 0.387 e. The van der Waals surface area contributed by atoms with Gasteiger partial charge in [0.25, 0.3) is 5.91 Å². The summed E-state index contributed by atoms with van der Waals surface area (Å²) in [7, 11) is 0. The average Bonchev–Trinajstić information content (AvgIpc) is 3.00. The summed E-state index contributed by atoms with van der Waals surface area (Å²) in [6.07, 6.45) is -4.35. The molecular formula is C16H17F3N2O2S. The lowest BCUT2D eigenvalue weighted by molar-refractivity contribution is -0.139. The molecule has 1 atom stereocenters. The van der Waals surface area contributed by atoms with Crippen LogP contribution >= 0.6 is 11.3 Å². The Balaban J connectivity index is 2.02. The number of alkyl halides is 3. The van der Waals surface area contributed by atoms with E-state index in [1.165, 1.54) is 29.5 Å². The van der Waals surface area contributed by atoms with Gasteiger partial charge in [-0.15, -0.1) is 11.3 Å². The summed E-state index contributed by atoms with van der Waals surface area (Å²) in [5.41, 5.74) is -0.972. The second-order valence-electron chi connectivity index (χ2n) is 5.19. The molecule has 1 aromatic heterocycles. The highest BCUT2D eigenvalue weighted by atomic mass is 32.1. The van der Waals surface area contributed by atoms with Gasteiger partial charge in [-0.25, -0.2) is 4.98 Å². The van der Waals surface area contributed by atoms with Crippen LogP contribution in [0.4, 0.5) is 13.2 Å². The molecular weight excluding hydrogens is 341 g/mol. The van der Waals surface area contributed by atoms with Crippen molar-refractivity contribution in [1.82, 2.24) is 10.3 Å². The third-order valence-electron chi connectivity index (χ3n) is 3.33. The fraction of sp³-hybridized carbons (Fsp3) is 0.375. The van der Waals surface area contributed by atoms with Gasteiger partial charge in [-0.3, -0.25) is 4.79 Å². The number of hydrogen-bond donors (Lipinski definition) is 2. The summed E-state index contributed by atoms with van der Waals surface area (Å²) in [5.74, 6) is -0.517. The number of carbonyl (C=O) groups is 1. The topological polar surface area (TPSA) is 62.2 Å². The highest BCUT2D eigenvalue weighted by Crippen LogP contribution is 2.34. The maximum absolute atomic E-state index is 12.9. The van der Waals surface area contributed by atoms with Gasteiger partial charge >= 0.3 is 6.18 Å². The number of benzene rings is 1. The fourth-order valence-corrected chi connectivity index (χ4v) is 3.06. The first-order valence-electron chi connectivity index (χ1n) is 7.39. The molecule has 8 heteroatoms. The van der Waals surface area contributed by atoms with E-state index < -0.39 is 23.8 Å². The first kappa shape index (κ1) is 18.4. The largest absolute Gasteiger partial charge is 0.416 e. The molecule has 0 spiro atoms. The second-order valence-corrected chi connectivity index (χ2v) is 6.13. The Morgan fingerprint density at radius 2 is 2.08 bits per heavy atom. The Kier molecular flexibility index (Phi) is 5.95. The van der Waals surface area contributed by atoms with E-state index in [-0.39, 0.29) is 17.8 Å². The third kappa shape index (κ3) is 4.55. The van der Waals surface area contributed by atoms with Crippen molar-refractivity contribution in [2.75, 3.05) is 6.54 Å². The van der Waals surface area contributed by atoms with E-state index in [2.05, 4.69) is 10.3 Å². The molecule has 0 fully saturated rings. The van der Waals surface area contributed by atoms with E-state index in [1.807, 2.05) is 6.92 Å². The highest BCUT2D eigenvalue weighted by Gasteiger charge is 2.34. The van der Waals surface area contributed by atoms with Crippen LogP contribution in [0, 0.1) is 0 Å². The number of thiazole rings is 1. The lowest BCUT2D eigenvalue weighted by Crippen LogP contribution is -2.29. The van der Waals surface area contributed by atoms with Crippen molar-refractivity contribution in [3.63, 3.8) is 0 Å². The van der Waals surface area contributed by atoms with Crippen molar-refractivity contribution in [1.29, 1.82) is 0 Å². The van der Waals surface area contributed by atoms with Gasteiger partial charge in [-0.2, -0.15) is 13.2 Å². The van der Waals surface area contributed by atoms with Crippen molar-refractivity contribution in [3.8, 4) is 0 Å². The first-order valence-corrected chi connectivity index (χ1v) is 8.27. The number of halogens is 3. The zero-order valence-electron chi connectivity index (χ0n) is 12.9. The summed E-state index contributed by atoms with van der Waals surface area (Å²) in [6, 6.07) is 4.76. The minimum Gasteiger partial charge on any atom is -0.387 e. The molecule has 24 heavy (non-hydrogen) atoms. The number of rotatable bonds is 6. The van der Waals surface area contributed by atoms with Crippen LogP contribution in [0.3, 0.4) is 0 Å². The molecule has 1 heterocycles. The number of nitrogens with zero attached hydrogens (tertiary/aromatic N) is 1. The Morgan fingerprint density at radius 1 is 1.38 bits per heavy atom. The van der Waals surface area contributed by atoms with Crippen LogP contribution in [0.15, 0.2) is 29.6 Å². The predicted octanol–water partition coefficient (Wildman–Crippen LogP) is 3.58. The number of hydrogen-bond acceptors (Lipinski definition) is 4. The Bertz CT molecular complexity index is 701. The number of carbonyl (C=O) groups excluding carboxylic acids is 1. The molecule has 2 rings (SSSR count). The number of aryl methyl sites for hydroxylation is 1. The molecule has 0 bridgehead atoms. The molecule has 130 valence electrons. The van der Waals surface area contributed by atoms with Gasteiger partial charge in [0.15, 0.2) is 0 Å². The summed E-state index contributed by atoms with van der Waals surface area (Å²) in [5, 5.41) is 14.9. The van der Waals surface area contributed by atoms with Crippen molar-refractivity contribution < 1.29 is 23.1 Å². The summed E-state index contributed by atoms with van der Waals surface area (Å²) in [4.78, 5) is 16.1. The standard InChI is InChI=1S/C16H17F3N2O2S/c1-2-5-14-21-12(9-24-14)15(23)20-8-13(22)10-6-3-4-7-11(10)16(17,18)19/h3-4,6-7,9,13,22H,2,5,8H2,1H3,(H,20,23)/t13-/m1/s1. The van der Waals surface area contributed by atoms with Gasteiger partial charge in [0.2, 0.25) is 0 Å². The molecule has 0 unspecified atom stereocenters. The van der Waals surface area contributed by atoms with Gasteiger partial charge in [0, 0.05) is 11.9 Å². The van der Waals surface area contributed by atoms with Gasteiger partial charge in [-0.05, 0) is 24.5 Å². The van der Waals surface area contributed by atoms with E-state index in [0.29, 0.717) is 0 Å². The molecule has 2 N–H and O–H groups in total. The molecule has 0 radical (unpaired) electrons. The van der Waals surface area contributed by atoms with E-state index in [4.69, 9.17) is 0 Å². The third-order valence-corrected chi connectivity index (χ3v) is 4.24. The van der Waals surface area contributed by atoms with Crippen LogP contribution in [-0.2, 0) is 12.6 Å². The molecule has 0 saturated heterocycles. The molecule has 1 amide bonds. The highest BCUT2D eigenvalue weighted by molar-refractivity contribution is 7.09. The maximum atomic E-state index is 12.9. The molecule has 0 saturated carbocycles. The Morgan fingerprint density at radius 3 is 2.75 bits per heavy atom. The fourth-order valence-electron chi connectivity index (χ4n) is 2.18. The van der Waals surface area contributed by atoms with E-state index in [0.717, 1.165) is 23.9 Å². The second kappa shape index (κ2) is 7.76. The SMILES string of the molecule is CCCc1nc(C(=O)NC[C@@H](O)c2ccccc2C(F)(F)F)cs1. The zero-order chi connectivity index (χ0) is 17.7. The summed E-state index contributed by atoms with van der Waals surface area (Å²) < 4.78 is 38.8. The van der Waals surface area contributed by atoms with Gasteiger partial charge in [0.1, 0.15) is 5.69 Å². The van der Waals surface area contributed by atoms with Crippen molar-refractivity contribution >= 4 is 17.2 Å². The zero-order valence-corrected chi connectivity index (χ0v) is 13.7. The molecule has 0 aliphatic rings. The van der Waals surface area contributed by atoms with Crippen molar-refractivity contribution in [3.05, 3.63) is 51.5 Å². The lowest BCUT2D eigenvalue weighted by atomic mass is 10.0. The molecule has 1 aromatic carbocycles. The van der Waals surface area contributed by atoms with Gasteiger partial charge in [-0.1, -0.05) is 25.1 Å². The van der Waals surface area contributed by atoms with Crippen LogP contribution in [0.1, 0.15) is 46.1 Å². The van der Waals surface area contributed by atoms with Crippen LogP contribution < -0.4 is 5.32 Å². The number of aliphatic hydroxyl groups excluding tert-OH is 1. The molecule has 0 aliphatic heterocycles. The van der Waals surface area contributed by atoms with Gasteiger partial charge in [0.05, 0.1) is 16.7 Å². The Hall–Kier alpha value is -1.93. The lowest BCUT2D eigenvalue weighted by Gasteiger charge is -2.17. The van der Waals surface area contributed by atoms with Crippen LogP contribution in [-0.4, -0.2) is 22.5 Å². The van der Waals surface area contributed by atoms with E-state index in [9.17, 15) is 23.1 Å².